The minimum Gasteiger partial charge on any atom is -0.309 e. The van der Waals surface area contributed by atoms with Crippen LogP contribution in [0.25, 0.3) is 10.9 Å². The SMILES string of the molecule is c1cc2cn[nH]c2cc1CNC(C1CCC1)C1CC1. The Morgan fingerprint density at radius 3 is 2.79 bits per heavy atom. The largest absolute Gasteiger partial charge is 0.309 e. The van der Waals surface area contributed by atoms with E-state index < -0.39 is 0 Å². The maximum Gasteiger partial charge on any atom is 0.0653 e. The minimum absolute atomic E-state index is 0.770. The van der Waals surface area contributed by atoms with E-state index >= 15 is 0 Å². The summed E-state index contributed by atoms with van der Waals surface area (Å²) in [4.78, 5) is 0. The summed E-state index contributed by atoms with van der Waals surface area (Å²) in [7, 11) is 0. The van der Waals surface area contributed by atoms with Gasteiger partial charge >= 0.3 is 0 Å². The third-order valence-corrected chi connectivity index (χ3v) is 4.84. The number of hydrogen-bond acceptors (Lipinski definition) is 2. The van der Waals surface area contributed by atoms with Crippen LogP contribution in [0.4, 0.5) is 0 Å². The van der Waals surface area contributed by atoms with Gasteiger partial charge in [-0.1, -0.05) is 18.6 Å². The first-order chi connectivity index (χ1) is 9.40. The second-order valence-electron chi connectivity index (χ2n) is 6.23. The van der Waals surface area contributed by atoms with Gasteiger partial charge in [-0.3, -0.25) is 5.10 Å². The van der Waals surface area contributed by atoms with Crippen LogP contribution in [-0.4, -0.2) is 16.2 Å². The van der Waals surface area contributed by atoms with E-state index in [2.05, 4.69) is 33.7 Å². The third kappa shape index (κ3) is 2.27. The maximum atomic E-state index is 4.08. The molecule has 2 saturated carbocycles. The smallest absolute Gasteiger partial charge is 0.0653 e. The van der Waals surface area contributed by atoms with Crippen molar-refractivity contribution in [3.05, 3.63) is 30.0 Å². The highest BCUT2D eigenvalue weighted by Gasteiger charge is 2.38. The lowest BCUT2D eigenvalue weighted by molar-refractivity contribution is 0.208. The van der Waals surface area contributed by atoms with Gasteiger partial charge in [-0.25, -0.2) is 0 Å². The summed E-state index contributed by atoms with van der Waals surface area (Å²) in [5.41, 5.74) is 2.51. The van der Waals surface area contributed by atoms with Crippen LogP contribution in [0.3, 0.4) is 0 Å². The molecule has 1 heterocycles. The van der Waals surface area contributed by atoms with Gasteiger partial charge in [0.1, 0.15) is 0 Å². The lowest BCUT2D eigenvalue weighted by atomic mass is 9.78. The second-order valence-corrected chi connectivity index (χ2v) is 6.23. The Balaban J connectivity index is 1.44. The van der Waals surface area contributed by atoms with Gasteiger partial charge in [-0.2, -0.15) is 5.10 Å². The molecular formula is C16H21N3. The van der Waals surface area contributed by atoms with Crippen LogP contribution in [0.2, 0.25) is 0 Å². The van der Waals surface area contributed by atoms with E-state index in [1.807, 2.05) is 6.20 Å². The van der Waals surface area contributed by atoms with Crippen LogP contribution in [0.15, 0.2) is 24.4 Å². The van der Waals surface area contributed by atoms with Gasteiger partial charge in [0.2, 0.25) is 0 Å². The number of benzene rings is 1. The van der Waals surface area contributed by atoms with Crippen LogP contribution in [0.5, 0.6) is 0 Å². The predicted octanol–water partition coefficient (Wildman–Crippen LogP) is 3.23. The Morgan fingerprint density at radius 2 is 2.05 bits per heavy atom. The standard InChI is InChI=1S/C16H21N3/c1-2-12(3-1)16(13-6-7-13)17-9-11-4-5-14-10-18-19-15(14)8-11/h4-5,8,10,12-13,16-17H,1-3,6-7,9H2,(H,18,19). The summed E-state index contributed by atoms with van der Waals surface area (Å²) >= 11 is 0. The number of hydrogen-bond donors (Lipinski definition) is 2. The van der Waals surface area contributed by atoms with Gasteiger partial charge in [-0.15, -0.1) is 0 Å². The van der Waals surface area contributed by atoms with E-state index in [1.165, 1.54) is 43.1 Å². The predicted molar refractivity (Wildman–Crippen MR) is 76.8 cm³/mol. The van der Waals surface area contributed by atoms with Gasteiger partial charge < -0.3 is 5.32 Å². The molecule has 1 unspecified atom stereocenters. The molecule has 0 radical (unpaired) electrons. The summed E-state index contributed by atoms with van der Waals surface area (Å²) in [5, 5.41) is 12.1. The molecule has 2 N–H and O–H groups in total. The second kappa shape index (κ2) is 4.64. The van der Waals surface area contributed by atoms with Crippen molar-refractivity contribution in [1.82, 2.24) is 15.5 Å². The third-order valence-electron chi connectivity index (χ3n) is 4.84. The van der Waals surface area contributed by atoms with E-state index in [-0.39, 0.29) is 0 Å². The van der Waals surface area contributed by atoms with E-state index in [1.54, 1.807) is 0 Å². The molecule has 0 amide bonds. The molecule has 0 bridgehead atoms. The normalized spacial score (nSPS) is 21.5. The first-order valence-corrected chi connectivity index (χ1v) is 7.55. The van der Waals surface area contributed by atoms with E-state index in [0.29, 0.717) is 0 Å². The zero-order valence-electron chi connectivity index (χ0n) is 11.2. The number of nitrogens with zero attached hydrogens (tertiary/aromatic N) is 1. The van der Waals surface area contributed by atoms with E-state index in [0.717, 1.165) is 29.9 Å². The number of nitrogens with one attached hydrogen (secondary N) is 2. The quantitative estimate of drug-likeness (QED) is 0.861. The highest BCUT2D eigenvalue weighted by molar-refractivity contribution is 5.78. The molecule has 1 atom stereocenters. The first kappa shape index (κ1) is 11.5. The minimum atomic E-state index is 0.770. The number of H-pyrrole nitrogens is 1. The molecular weight excluding hydrogens is 234 g/mol. The van der Waals surface area contributed by atoms with Gasteiger partial charge in [-0.05, 0) is 49.1 Å². The molecule has 1 aromatic carbocycles. The van der Waals surface area contributed by atoms with E-state index in [9.17, 15) is 0 Å². The van der Waals surface area contributed by atoms with E-state index in [4.69, 9.17) is 0 Å². The molecule has 2 fully saturated rings. The first-order valence-electron chi connectivity index (χ1n) is 7.55. The van der Waals surface area contributed by atoms with Crippen molar-refractivity contribution >= 4 is 10.9 Å². The molecule has 0 aliphatic heterocycles. The highest BCUT2D eigenvalue weighted by Crippen LogP contribution is 2.42. The average molecular weight is 255 g/mol. The summed E-state index contributed by atoms with van der Waals surface area (Å²) in [6, 6.07) is 7.37. The molecule has 3 nitrogen and oxygen atoms in total. The highest BCUT2D eigenvalue weighted by atomic mass is 15.1. The number of rotatable bonds is 5. The lowest BCUT2D eigenvalue weighted by Gasteiger charge is -2.34. The van der Waals surface area contributed by atoms with Crippen LogP contribution < -0.4 is 5.32 Å². The number of aromatic amines is 1. The zero-order valence-corrected chi connectivity index (χ0v) is 11.2. The van der Waals surface area contributed by atoms with Crippen molar-refractivity contribution < 1.29 is 0 Å². The molecule has 19 heavy (non-hydrogen) atoms. The number of fused-ring (bicyclic) bond motifs is 1. The van der Waals surface area contributed by atoms with Gasteiger partial charge in [0.25, 0.3) is 0 Å². The molecule has 4 rings (SSSR count). The van der Waals surface area contributed by atoms with Crippen molar-refractivity contribution in [1.29, 1.82) is 0 Å². The van der Waals surface area contributed by atoms with Gasteiger partial charge in [0, 0.05) is 18.0 Å². The van der Waals surface area contributed by atoms with Crippen LogP contribution in [0, 0.1) is 11.8 Å². The van der Waals surface area contributed by atoms with Crippen molar-refractivity contribution in [3.63, 3.8) is 0 Å². The Labute approximate surface area is 113 Å². The molecule has 2 aliphatic carbocycles. The molecule has 3 heteroatoms. The molecule has 2 aromatic rings. The van der Waals surface area contributed by atoms with Gasteiger partial charge in [0.15, 0.2) is 0 Å². The fraction of sp³-hybridized carbons (Fsp3) is 0.562. The monoisotopic (exact) mass is 255 g/mol. The van der Waals surface area contributed by atoms with Crippen molar-refractivity contribution in [3.8, 4) is 0 Å². The van der Waals surface area contributed by atoms with Crippen LogP contribution in [0.1, 0.15) is 37.7 Å². The fourth-order valence-electron chi connectivity index (χ4n) is 3.30. The lowest BCUT2D eigenvalue weighted by Crippen LogP contribution is -2.40. The van der Waals surface area contributed by atoms with Crippen molar-refractivity contribution in [2.24, 2.45) is 11.8 Å². The van der Waals surface area contributed by atoms with Gasteiger partial charge in [0.05, 0.1) is 11.7 Å². The van der Waals surface area contributed by atoms with Crippen LogP contribution in [-0.2, 0) is 6.54 Å². The molecule has 0 saturated heterocycles. The summed E-state index contributed by atoms with van der Waals surface area (Å²) in [6.45, 7) is 0.993. The van der Waals surface area contributed by atoms with Crippen molar-refractivity contribution in [2.75, 3.05) is 0 Å². The average Bonchev–Trinajstić information content (AvgIpc) is 3.09. The Bertz CT molecular complexity index is 566. The molecule has 0 spiro atoms. The maximum absolute atomic E-state index is 4.08. The molecule has 100 valence electrons. The van der Waals surface area contributed by atoms with Crippen molar-refractivity contribution in [2.45, 2.75) is 44.7 Å². The fourth-order valence-corrected chi connectivity index (χ4v) is 3.30. The summed E-state index contributed by atoms with van der Waals surface area (Å²) in [5.74, 6) is 1.91. The topological polar surface area (TPSA) is 40.7 Å². The summed E-state index contributed by atoms with van der Waals surface area (Å²) < 4.78 is 0. The molecule has 2 aliphatic rings. The summed E-state index contributed by atoms with van der Waals surface area (Å²) in [6.07, 6.45) is 9.08. The Kier molecular flexibility index (Phi) is 2.80. The van der Waals surface area contributed by atoms with Crippen LogP contribution >= 0.6 is 0 Å². The molecule has 1 aromatic heterocycles. The number of aromatic nitrogens is 2. The Morgan fingerprint density at radius 1 is 1.21 bits per heavy atom. The Hall–Kier alpha value is -1.35. The zero-order chi connectivity index (χ0) is 12.7.